The van der Waals surface area contributed by atoms with Gasteiger partial charge < -0.3 is 24.6 Å². The number of rotatable bonds is 7. The Balaban J connectivity index is 2.18. The minimum atomic E-state index is -0.743. The van der Waals surface area contributed by atoms with Crippen LogP contribution < -0.4 is 0 Å². The Morgan fingerprint density at radius 2 is 1.84 bits per heavy atom. The van der Waals surface area contributed by atoms with E-state index in [1.165, 1.54) is 4.90 Å². The van der Waals surface area contributed by atoms with E-state index < -0.39 is 23.7 Å². The largest absolute Gasteiger partial charge is 0.507 e. The smallest absolute Gasteiger partial charge is 0.355 e. The maximum Gasteiger partial charge on any atom is 0.355 e. The van der Waals surface area contributed by atoms with Crippen molar-refractivity contribution in [2.45, 2.75) is 26.8 Å². The van der Waals surface area contributed by atoms with Crippen LogP contribution in [0.25, 0.3) is 5.76 Å². The molecule has 0 saturated carbocycles. The highest BCUT2D eigenvalue weighted by Crippen LogP contribution is 2.40. The predicted octanol–water partition coefficient (Wildman–Crippen LogP) is 2.79. The normalized spacial score (nSPS) is 17.9. The number of H-pyrrole nitrogens is 1. The number of hydrogen-bond donors (Lipinski definition) is 2. The maximum atomic E-state index is 13.1. The third-order valence-corrected chi connectivity index (χ3v) is 5.60. The average molecular weight is 440 g/mol. The number of amides is 1. The molecule has 1 atom stereocenters. The number of nitrogens with zero attached hydrogens (tertiary/aromatic N) is 2. The third-order valence-electron chi connectivity index (χ3n) is 5.60. The second kappa shape index (κ2) is 9.40. The monoisotopic (exact) mass is 439 g/mol. The molecular weight excluding hydrogens is 410 g/mol. The minimum absolute atomic E-state index is 0.0144. The van der Waals surface area contributed by atoms with Crippen molar-refractivity contribution < 1.29 is 24.2 Å². The molecule has 0 bridgehead atoms. The molecule has 1 aromatic carbocycles. The number of aromatic nitrogens is 1. The number of aromatic amines is 1. The van der Waals surface area contributed by atoms with Crippen molar-refractivity contribution in [2.24, 2.45) is 0 Å². The summed E-state index contributed by atoms with van der Waals surface area (Å²) in [6.45, 7) is 6.18. The number of carbonyl (C=O) groups excluding carboxylic acids is 3. The maximum absolute atomic E-state index is 13.1. The van der Waals surface area contributed by atoms with Crippen LogP contribution in [0.5, 0.6) is 0 Å². The van der Waals surface area contributed by atoms with Crippen LogP contribution in [0.1, 0.15) is 45.8 Å². The topological polar surface area (TPSA) is 103 Å². The van der Waals surface area contributed by atoms with Crippen LogP contribution in [0.3, 0.4) is 0 Å². The fourth-order valence-corrected chi connectivity index (χ4v) is 4.05. The van der Waals surface area contributed by atoms with Crippen LogP contribution in [-0.2, 0) is 14.3 Å². The number of aliphatic hydroxyl groups is 1. The molecule has 8 heteroatoms. The number of carbonyl (C=O) groups is 3. The predicted molar refractivity (Wildman–Crippen MR) is 120 cm³/mol. The van der Waals surface area contributed by atoms with E-state index >= 15 is 0 Å². The van der Waals surface area contributed by atoms with Crippen molar-refractivity contribution in [2.75, 3.05) is 33.8 Å². The molecule has 1 fully saturated rings. The lowest BCUT2D eigenvalue weighted by molar-refractivity contribution is -0.140. The van der Waals surface area contributed by atoms with Crippen molar-refractivity contribution in [3.63, 3.8) is 0 Å². The van der Waals surface area contributed by atoms with Crippen LogP contribution in [0.2, 0.25) is 0 Å². The zero-order valence-electron chi connectivity index (χ0n) is 19.1. The first-order valence-electron chi connectivity index (χ1n) is 10.5. The first-order chi connectivity index (χ1) is 15.2. The quantitative estimate of drug-likeness (QED) is 0.298. The molecule has 2 heterocycles. The SMILES string of the molecule is CCOC(=O)c1[nH]c(C)c(/C(O)=C2\C(=O)C(=O)N(CCN(C)C)C2c2ccccc2)c1C. The van der Waals surface area contributed by atoms with Crippen LogP contribution >= 0.6 is 0 Å². The summed E-state index contributed by atoms with van der Waals surface area (Å²) in [5.74, 6) is -2.24. The van der Waals surface area contributed by atoms with Gasteiger partial charge in [-0.1, -0.05) is 30.3 Å². The molecule has 2 aromatic rings. The van der Waals surface area contributed by atoms with Gasteiger partial charge in [0, 0.05) is 24.3 Å². The summed E-state index contributed by atoms with van der Waals surface area (Å²) in [7, 11) is 3.77. The number of nitrogens with one attached hydrogen (secondary N) is 1. The zero-order chi connectivity index (χ0) is 23.6. The first-order valence-corrected chi connectivity index (χ1v) is 10.5. The molecular formula is C24H29N3O5. The number of ketones is 1. The number of Topliss-reactive ketones (excluding diaryl/α,β-unsaturated/α-hetero) is 1. The van der Waals surface area contributed by atoms with Gasteiger partial charge in [0.25, 0.3) is 11.7 Å². The minimum Gasteiger partial charge on any atom is -0.507 e. The molecule has 170 valence electrons. The van der Waals surface area contributed by atoms with E-state index in [1.54, 1.807) is 20.8 Å². The van der Waals surface area contributed by atoms with E-state index in [2.05, 4.69) is 4.98 Å². The van der Waals surface area contributed by atoms with Gasteiger partial charge >= 0.3 is 5.97 Å². The lowest BCUT2D eigenvalue weighted by Gasteiger charge is -2.26. The summed E-state index contributed by atoms with van der Waals surface area (Å²) < 4.78 is 5.08. The molecule has 1 unspecified atom stereocenters. The number of likely N-dealkylation sites (N-methyl/N-ethyl adjacent to an activating group) is 1. The van der Waals surface area contributed by atoms with E-state index in [-0.39, 0.29) is 23.6 Å². The molecule has 8 nitrogen and oxygen atoms in total. The fourth-order valence-electron chi connectivity index (χ4n) is 4.05. The summed E-state index contributed by atoms with van der Waals surface area (Å²) in [6, 6.07) is 8.43. The molecule has 3 rings (SSSR count). The molecule has 1 amide bonds. The molecule has 1 aromatic heterocycles. The lowest BCUT2D eigenvalue weighted by atomic mass is 9.94. The highest BCUT2D eigenvalue weighted by Gasteiger charge is 2.46. The molecule has 0 spiro atoms. The lowest BCUT2D eigenvalue weighted by Crippen LogP contribution is -2.35. The van der Waals surface area contributed by atoms with Gasteiger partial charge in [0.1, 0.15) is 11.5 Å². The zero-order valence-corrected chi connectivity index (χ0v) is 19.1. The van der Waals surface area contributed by atoms with Gasteiger partial charge in [0.2, 0.25) is 0 Å². The number of benzene rings is 1. The van der Waals surface area contributed by atoms with E-state index in [1.807, 2.05) is 49.3 Å². The number of esters is 1. The third kappa shape index (κ3) is 4.18. The Kier molecular flexibility index (Phi) is 6.84. The Morgan fingerprint density at radius 3 is 2.44 bits per heavy atom. The van der Waals surface area contributed by atoms with Gasteiger partial charge in [-0.25, -0.2) is 4.79 Å². The summed E-state index contributed by atoms with van der Waals surface area (Å²) >= 11 is 0. The van der Waals surface area contributed by atoms with E-state index in [9.17, 15) is 19.5 Å². The van der Waals surface area contributed by atoms with Crippen molar-refractivity contribution in [3.8, 4) is 0 Å². The van der Waals surface area contributed by atoms with Crippen molar-refractivity contribution in [1.29, 1.82) is 0 Å². The van der Waals surface area contributed by atoms with Crippen LogP contribution in [0.4, 0.5) is 0 Å². The molecule has 0 radical (unpaired) electrons. The molecule has 1 saturated heterocycles. The number of ether oxygens (including phenoxy) is 1. The Hall–Kier alpha value is -3.39. The van der Waals surface area contributed by atoms with Gasteiger partial charge in [0.05, 0.1) is 18.2 Å². The van der Waals surface area contributed by atoms with Crippen molar-refractivity contribution in [1.82, 2.24) is 14.8 Å². The van der Waals surface area contributed by atoms with Crippen LogP contribution in [0, 0.1) is 13.8 Å². The second-order valence-electron chi connectivity index (χ2n) is 8.05. The summed E-state index contributed by atoms with van der Waals surface area (Å²) in [5, 5.41) is 11.3. The van der Waals surface area contributed by atoms with Crippen LogP contribution in [-0.4, -0.2) is 71.3 Å². The number of aliphatic hydroxyl groups excluding tert-OH is 1. The average Bonchev–Trinajstić information content (AvgIpc) is 3.19. The standard InChI is InChI=1S/C24H29N3O5/c1-6-32-24(31)19-14(2)17(15(3)25-19)21(28)18-20(16-10-8-7-9-11-16)27(13-12-26(4)5)23(30)22(18)29/h7-11,20,25,28H,6,12-13H2,1-5H3/b21-18+. The summed E-state index contributed by atoms with van der Waals surface area (Å²) in [6.07, 6.45) is 0. The number of likely N-dealkylation sites (tertiary alicyclic amines) is 1. The van der Waals surface area contributed by atoms with Crippen molar-refractivity contribution in [3.05, 3.63) is 64.0 Å². The molecule has 32 heavy (non-hydrogen) atoms. The number of aryl methyl sites for hydroxylation is 1. The molecule has 1 aliphatic heterocycles. The highest BCUT2D eigenvalue weighted by atomic mass is 16.5. The fraction of sp³-hybridized carbons (Fsp3) is 0.375. The second-order valence-corrected chi connectivity index (χ2v) is 8.05. The Morgan fingerprint density at radius 1 is 1.19 bits per heavy atom. The Bertz CT molecular complexity index is 1070. The summed E-state index contributed by atoms with van der Waals surface area (Å²) in [5.41, 5.74) is 2.26. The first kappa shape index (κ1) is 23.3. The van der Waals surface area contributed by atoms with E-state index in [0.717, 1.165) is 5.56 Å². The van der Waals surface area contributed by atoms with E-state index in [4.69, 9.17) is 4.74 Å². The summed E-state index contributed by atoms with van der Waals surface area (Å²) in [4.78, 5) is 44.7. The number of hydrogen-bond acceptors (Lipinski definition) is 6. The van der Waals surface area contributed by atoms with Gasteiger partial charge in [-0.2, -0.15) is 0 Å². The van der Waals surface area contributed by atoms with Crippen LogP contribution in [0.15, 0.2) is 35.9 Å². The van der Waals surface area contributed by atoms with Gasteiger partial charge in [-0.3, -0.25) is 9.59 Å². The molecule has 1 aliphatic rings. The highest BCUT2D eigenvalue weighted by molar-refractivity contribution is 6.46. The molecule has 0 aliphatic carbocycles. The van der Waals surface area contributed by atoms with Gasteiger partial charge in [-0.05, 0) is 46.0 Å². The van der Waals surface area contributed by atoms with Gasteiger partial charge in [-0.15, -0.1) is 0 Å². The molecule has 2 N–H and O–H groups in total. The van der Waals surface area contributed by atoms with Gasteiger partial charge in [0.15, 0.2) is 0 Å². The Labute approximate surface area is 187 Å². The van der Waals surface area contributed by atoms with Crippen molar-refractivity contribution >= 4 is 23.4 Å². The van der Waals surface area contributed by atoms with E-state index in [0.29, 0.717) is 29.9 Å².